The number of amides is 2. The zero-order valence-electron chi connectivity index (χ0n) is 47.8. The predicted octanol–water partition coefficient (Wildman–Crippen LogP) is -0.557. The van der Waals surface area contributed by atoms with E-state index in [1.807, 2.05) is 6.08 Å². The summed E-state index contributed by atoms with van der Waals surface area (Å²) in [4.78, 5) is 25.8. The highest BCUT2D eigenvalue weighted by molar-refractivity contribution is 5.76. The highest BCUT2D eigenvalue weighted by Gasteiger charge is 2.56. The zero-order valence-corrected chi connectivity index (χ0v) is 47.8. The molecule has 15 N–H and O–H groups in total. The molecule has 0 saturated carbocycles. The summed E-state index contributed by atoms with van der Waals surface area (Å²) < 4.78 is 46.6. The summed E-state index contributed by atoms with van der Waals surface area (Å²) in [6, 6.07) is -2.62. The average molecular weight is 1170 g/mol. The van der Waals surface area contributed by atoms with E-state index in [4.69, 9.17) is 37.9 Å². The molecular weight excluding hydrogens is 1070 g/mol. The topological polar surface area (TPSA) is 395 Å². The molecule has 2 amide bonds. The van der Waals surface area contributed by atoms with Crippen LogP contribution >= 0.6 is 0 Å². The number of aliphatic hydroxyl groups excluding tert-OH is 13. The Morgan fingerprint density at radius 3 is 1.40 bits per heavy atom. The molecule has 474 valence electrons. The van der Waals surface area contributed by atoms with E-state index in [0.717, 1.165) is 51.9 Å². The Kier molecular flexibility index (Phi) is 34.2. The second kappa shape index (κ2) is 38.8. The molecule has 0 aromatic heterocycles. The number of carbonyl (C=O) groups is 2. The van der Waals surface area contributed by atoms with Crippen molar-refractivity contribution < 1.29 is 114 Å². The lowest BCUT2D eigenvalue weighted by Gasteiger charge is -2.50. The molecule has 0 bridgehead atoms. The lowest BCUT2D eigenvalue weighted by atomic mass is 9.94. The van der Waals surface area contributed by atoms with E-state index in [-0.39, 0.29) is 12.3 Å². The smallest absolute Gasteiger partial charge is 0.220 e. The molecule has 25 heteroatoms. The van der Waals surface area contributed by atoms with E-state index < -0.39 is 174 Å². The normalized spacial score (nSPS) is 35.5. The first kappa shape index (κ1) is 71.3. The molecule has 4 rings (SSSR count). The first-order valence-corrected chi connectivity index (χ1v) is 29.9. The van der Waals surface area contributed by atoms with E-state index in [1.165, 1.54) is 77.0 Å². The van der Waals surface area contributed by atoms with E-state index in [0.29, 0.717) is 12.8 Å². The minimum absolute atomic E-state index is 0.215. The van der Waals surface area contributed by atoms with Crippen molar-refractivity contribution in [2.24, 2.45) is 0 Å². The third-order valence-corrected chi connectivity index (χ3v) is 15.6. The summed E-state index contributed by atoms with van der Waals surface area (Å²) in [7, 11) is 0. The SMILES string of the molecule is CCCCCCCCCCCCCC=C[C@@H](O)[C@H](CO[C@@H]1O[C@H](CO)[C@@H](O[C@@H]2O[C@H](CO)[C@H](O[C@@H]3O[C@H](CO)[C@H](O)[C@H](O[C@@H]4O[C@H](CO)[C@H](O)[C@H](O)[C@H]4O)[C@H]3NC(C)=O)[C@H](O)[C@H]2O)[C@H](O)C1O)NC(=O)CCCCCCCCCCC. The highest BCUT2D eigenvalue weighted by Crippen LogP contribution is 2.35. The first-order chi connectivity index (χ1) is 39.0. The third kappa shape index (κ3) is 22.6. The molecule has 0 radical (unpaired) electrons. The highest BCUT2D eigenvalue weighted by atomic mass is 16.8. The summed E-state index contributed by atoms with van der Waals surface area (Å²) in [6.45, 7) is 1.53. The van der Waals surface area contributed by atoms with Crippen LogP contribution in [0.25, 0.3) is 0 Å². The van der Waals surface area contributed by atoms with Gasteiger partial charge in [-0.3, -0.25) is 9.59 Å². The molecule has 4 heterocycles. The molecule has 25 nitrogen and oxygen atoms in total. The molecule has 0 aromatic carbocycles. The van der Waals surface area contributed by atoms with Crippen molar-refractivity contribution in [3.8, 4) is 0 Å². The van der Waals surface area contributed by atoms with Crippen LogP contribution in [0.5, 0.6) is 0 Å². The van der Waals surface area contributed by atoms with E-state index in [9.17, 15) is 76.0 Å². The van der Waals surface area contributed by atoms with Crippen molar-refractivity contribution in [1.82, 2.24) is 10.6 Å². The standard InChI is InChI=1S/C56H102N2O23/c1-4-6-8-10-12-14-15-16-17-19-20-22-24-26-35(64)34(58-40(65)27-25-23-21-18-13-11-9-7-5-2)32-74-54-48(72)45(69)51(38(30-61)77-54)80-56-49(73)46(70)50(39(31-62)78-56)79-53-41(57-33(3)63)52(43(67)37(29-60)75-53)81-55-47(71)44(68)42(66)36(28-59)76-55/h24,26,34-39,41-56,59-62,64,66-73H,4-23,25,27-32H2,1-3H3,(H,57,63)(H,58,65)/t34-,35+,36+,37+,38+,39+,41+,42-,43-,44-,45+,46+,47+,48?,49+,50-,51+,52+,53-,54+,55-,56-/m0/s1. The Morgan fingerprint density at radius 2 is 0.889 bits per heavy atom. The van der Waals surface area contributed by atoms with Gasteiger partial charge in [0.2, 0.25) is 11.8 Å². The molecule has 4 fully saturated rings. The lowest BCUT2D eigenvalue weighted by molar-refractivity contribution is -0.380. The minimum Gasteiger partial charge on any atom is -0.394 e. The van der Waals surface area contributed by atoms with Crippen LogP contribution in [0.3, 0.4) is 0 Å². The first-order valence-electron chi connectivity index (χ1n) is 29.9. The summed E-state index contributed by atoms with van der Waals surface area (Å²) in [5, 5.41) is 146. The number of nitrogens with one attached hydrogen (secondary N) is 2. The summed E-state index contributed by atoms with van der Waals surface area (Å²) in [5.74, 6) is -1.07. The van der Waals surface area contributed by atoms with Gasteiger partial charge in [-0.15, -0.1) is 0 Å². The number of hydrogen-bond acceptors (Lipinski definition) is 23. The van der Waals surface area contributed by atoms with Gasteiger partial charge in [-0.25, -0.2) is 0 Å². The summed E-state index contributed by atoms with van der Waals surface area (Å²) >= 11 is 0. The lowest BCUT2D eigenvalue weighted by Crippen LogP contribution is -2.70. The monoisotopic (exact) mass is 1170 g/mol. The number of unbranched alkanes of at least 4 members (excludes halogenated alkanes) is 19. The van der Waals surface area contributed by atoms with Gasteiger partial charge in [0, 0.05) is 13.3 Å². The Hall–Kier alpha value is -2.16. The Bertz CT molecular complexity index is 1720. The number of hydrogen-bond donors (Lipinski definition) is 15. The van der Waals surface area contributed by atoms with Crippen LogP contribution in [0.15, 0.2) is 12.2 Å². The predicted molar refractivity (Wildman–Crippen MR) is 289 cm³/mol. The Morgan fingerprint density at radius 1 is 0.481 bits per heavy atom. The van der Waals surface area contributed by atoms with Gasteiger partial charge in [0.15, 0.2) is 25.2 Å². The van der Waals surface area contributed by atoms with Gasteiger partial charge in [-0.05, 0) is 19.3 Å². The quantitative estimate of drug-likeness (QED) is 0.0271. The van der Waals surface area contributed by atoms with Gasteiger partial charge in [0.1, 0.15) is 97.6 Å². The van der Waals surface area contributed by atoms with Gasteiger partial charge in [-0.1, -0.05) is 142 Å². The summed E-state index contributed by atoms with van der Waals surface area (Å²) in [5.41, 5.74) is 0. The van der Waals surface area contributed by atoms with Crippen molar-refractivity contribution in [2.75, 3.05) is 33.0 Å². The molecule has 4 aliphatic rings. The van der Waals surface area contributed by atoms with Crippen LogP contribution in [-0.2, 0) is 47.5 Å². The molecule has 22 atom stereocenters. The summed E-state index contributed by atoms with van der Waals surface area (Å²) in [6.07, 6.45) is -8.09. The minimum atomic E-state index is -2.09. The van der Waals surface area contributed by atoms with Crippen LogP contribution in [0.1, 0.15) is 162 Å². The maximum atomic E-state index is 13.3. The number of allylic oxidation sites excluding steroid dienone is 1. The van der Waals surface area contributed by atoms with Gasteiger partial charge >= 0.3 is 0 Å². The number of aliphatic hydroxyl groups is 13. The van der Waals surface area contributed by atoms with Crippen molar-refractivity contribution in [2.45, 2.75) is 297 Å². The Labute approximate surface area is 477 Å². The number of carbonyl (C=O) groups excluding carboxylic acids is 2. The molecule has 81 heavy (non-hydrogen) atoms. The van der Waals surface area contributed by atoms with E-state index in [1.54, 1.807) is 6.08 Å². The third-order valence-electron chi connectivity index (χ3n) is 15.6. The van der Waals surface area contributed by atoms with Crippen LogP contribution in [0.2, 0.25) is 0 Å². The maximum absolute atomic E-state index is 13.3. The van der Waals surface area contributed by atoms with Crippen molar-refractivity contribution in [3.05, 3.63) is 12.2 Å². The number of rotatable bonds is 39. The fourth-order valence-corrected chi connectivity index (χ4v) is 10.7. The van der Waals surface area contributed by atoms with Crippen LogP contribution in [-0.4, -0.2) is 246 Å². The average Bonchev–Trinajstić information content (AvgIpc) is 3.55. The molecule has 4 saturated heterocycles. The van der Waals surface area contributed by atoms with Crippen molar-refractivity contribution in [1.29, 1.82) is 0 Å². The number of ether oxygens (including phenoxy) is 8. The van der Waals surface area contributed by atoms with Crippen molar-refractivity contribution >= 4 is 11.8 Å². The van der Waals surface area contributed by atoms with Crippen LogP contribution in [0, 0.1) is 0 Å². The fourth-order valence-electron chi connectivity index (χ4n) is 10.7. The van der Waals surface area contributed by atoms with Gasteiger partial charge in [0.25, 0.3) is 0 Å². The Balaban J connectivity index is 1.39. The molecule has 4 aliphatic heterocycles. The molecule has 0 aliphatic carbocycles. The second-order valence-electron chi connectivity index (χ2n) is 22.2. The second-order valence-corrected chi connectivity index (χ2v) is 22.2. The van der Waals surface area contributed by atoms with Gasteiger partial charge < -0.3 is 115 Å². The van der Waals surface area contributed by atoms with Crippen molar-refractivity contribution in [3.63, 3.8) is 0 Å². The molecule has 0 aromatic rings. The van der Waals surface area contributed by atoms with E-state index in [2.05, 4.69) is 24.5 Å². The van der Waals surface area contributed by atoms with E-state index >= 15 is 0 Å². The van der Waals surface area contributed by atoms with Crippen LogP contribution < -0.4 is 10.6 Å². The van der Waals surface area contributed by atoms with Gasteiger partial charge in [0.05, 0.1) is 45.2 Å². The largest absolute Gasteiger partial charge is 0.394 e. The van der Waals surface area contributed by atoms with Crippen LogP contribution in [0.4, 0.5) is 0 Å². The molecular formula is C56H102N2O23. The fraction of sp³-hybridized carbons (Fsp3) is 0.929. The zero-order chi connectivity index (χ0) is 59.4. The molecule has 0 spiro atoms. The molecule has 1 unspecified atom stereocenters. The maximum Gasteiger partial charge on any atom is 0.220 e. The van der Waals surface area contributed by atoms with Gasteiger partial charge in [-0.2, -0.15) is 0 Å².